The lowest BCUT2D eigenvalue weighted by molar-refractivity contribution is 0.102. The van der Waals surface area contributed by atoms with Gasteiger partial charge in [0, 0.05) is 11.1 Å². The number of hydrogen-bond acceptors (Lipinski definition) is 4. The fourth-order valence-corrected chi connectivity index (χ4v) is 1.67. The molecule has 110 valence electrons. The molecule has 0 saturated heterocycles. The van der Waals surface area contributed by atoms with Crippen LogP contribution in [0.5, 0.6) is 0 Å². The van der Waals surface area contributed by atoms with Crippen LogP contribution in [0.25, 0.3) is 0 Å². The lowest BCUT2D eigenvalue weighted by Crippen LogP contribution is -2.26. The van der Waals surface area contributed by atoms with Gasteiger partial charge in [0.25, 0.3) is 5.91 Å². The van der Waals surface area contributed by atoms with Crippen LogP contribution in [0.4, 0.5) is 16.0 Å². The third-order valence-electron chi connectivity index (χ3n) is 2.50. The van der Waals surface area contributed by atoms with Gasteiger partial charge < -0.3 is 10.6 Å². The van der Waals surface area contributed by atoms with Gasteiger partial charge in [0.15, 0.2) is 5.82 Å². The number of carbonyl (C=O) groups excluding carboxylic acids is 1. The number of anilines is 2. The van der Waals surface area contributed by atoms with Crippen molar-refractivity contribution in [2.75, 3.05) is 10.6 Å². The SMILES string of the molecule is CC(C)(C)Nc1ccc(NC(=O)c2cccc(F)c2)nn1. The van der Waals surface area contributed by atoms with E-state index < -0.39 is 11.7 Å². The molecule has 21 heavy (non-hydrogen) atoms. The highest BCUT2D eigenvalue weighted by Crippen LogP contribution is 2.13. The summed E-state index contributed by atoms with van der Waals surface area (Å²) in [4.78, 5) is 11.9. The first-order valence-corrected chi connectivity index (χ1v) is 6.52. The van der Waals surface area contributed by atoms with Gasteiger partial charge >= 0.3 is 0 Å². The first-order valence-electron chi connectivity index (χ1n) is 6.52. The van der Waals surface area contributed by atoms with Crippen LogP contribution in [0.2, 0.25) is 0 Å². The average molecular weight is 288 g/mol. The zero-order valence-electron chi connectivity index (χ0n) is 12.1. The molecule has 2 rings (SSSR count). The summed E-state index contributed by atoms with van der Waals surface area (Å²) in [5, 5.41) is 13.6. The monoisotopic (exact) mass is 288 g/mol. The minimum atomic E-state index is -0.460. The Morgan fingerprint density at radius 2 is 1.76 bits per heavy atom. The van der Waals surface area contributed by atoms with Gasteiger partial charge in [-0.3, -0.25) is 4.79 Å². The number of nitrogens with one attached hydrogen (secondary N) is 2. The van der Waals surface area contributed by atoms with E-state index in [1.54, 1.807) is 12.1 Å². The Bertz CT molecular complexity index is 635. The van der Waals surface area contributed by atoms with E-state index in [1.807, 2.05) is 20.8 Å². The maximum absolute atomic E-state index is 13.1. The molecule has 2 N–H and O–H groups in total. The molecule has 0 radical (unpaired) electrons. The Labute approximate surface area is 122 Å². The second-order valence-electron chi connectivity index (χ2n) is 5.64. The fraction of sp³-hybridized carbons (Fsp3) is 0.267. The number of nitrogens with zero attached hydrogens (tertiary/aromatic N) is 2. The van der Waals surface area contributed by atoms with Crippen LogP contribution < -0.4 is 10.6 Å². The van der Waals surface area contributed by atoms with Gasteiger partial charge in [-0.2, -0.15) is 0 Å². The van der Waals surface area contributed by atoms with E-state index in [0.717, 1.165) is 6.07 Å². The summed E-state index contributed by atoms with van der Waals surface area (Å²) in [5.41, 5.74) is 0.106. The van der Waals surface area contributed by atoms with Crippen LogP contribution in [-0.2, 0) is 0 Å². The summed E-state index contributed by atoms with van der Waals surface area (Å²) in [7, 11) is 0. The molecule has 1 aromatic carbocycles. The highest BCUT2D eigenvalue weighted by molar-refractivity contribution is 6.03. The van der Waals surface area contributed by atoms with Crippen LogP contribution in [0.15, 0.2) is 36.4 Å². The highest BCUT2D eigenvalue weighted by Gasteiger charge is 2.11. The van der Waals surface area contributed by atoms with Crippen molar-refractivity contribution < 1.29 is 9.18 Å². The zero-order chi connectivity index (χ0) is 15.5. The summed E-state index contributed by atoms with van der Waals surface area (Å²) < 4.78 is 13.1. The highest BCUT2D eigenvalue weighted by atomic mass is 19.1. The second-order valence-corrected chi connectivity index (χ2v) is 5.64. The van der Waals surface area contributed by atoms with E-state index in [2.05, 4.69) is 20.8 Å². The standard InChI is InChI=1S/C15H17FN4O/c1-15(2,3)18-13-8-7-12(19-20-13)17-14(21)10-5-4-6-11(16)9-10/h4-9H,1-3H3,(H,18,20)(H,17,19,21). The number of halogens is 1. The van der Waals surface area contributed by atoms with Gasteiger partial charge in [-0.15, -0.1) is 10.2 Å². The fourth-order valence-electron chi connectivity index (χ4n) is 1.67. The molecular formula is C15H17FN4O. The van der Waals surface area contributed by atoms with Gasteiger partial charge in [0.05, 0.1) is 0 Å². The lowest BCUT2D eigenvalue weighted by Gasteiger charge is -2.20. The normalized spacial score (nSPS) is 11.0. The Morgan fingerprint density at radius 3 is 2.33 bits per heavy atom. The Balaban J connectivity index is 2.05. The maximum Gasteiger partial charge on any atom is 0.256 e. The molecule has 0 aliphatic carbocycles. The number of amides is 1. The quantitative estimate of drug-likeness (QED) is 0.911. The Hall–Kier alpha value is -2.50. The smallest absolute Gasteiger partial charge is 0.256 e. The molecule has 1 aromatic heterocycles. The molecule has 0 aliphatic rings. The van der Waals surface area contributed by atoms with Crippen LogP contribution >= 0.6 is 0 Å². The molecule has 1 amide bonds. The number of aromatic nitrogens is 2. The maximum atomic E-state index is 13.1. The summed E-state index contributed by atoms with van der Waals surface area (Å²) in [6.07, 6.45) is 0. The zero-order valence-corrected chi connectivity index (χ0v) is 12.1. The van der Waals surface area contributed by atoms with E-state index in [0.29, 0.717) is 11.6 Å². The van der Waals surface area contributed by atoms with Gasteiger partial charge in [-0.05, 0) is 51.1 Å². The molecule has 1 heterocycles. The number of benzene rings is 1. The summed E-state index contributed by atoms with van der Waals surface area (Å²) in [6, 6.07) is 8.81. The predicted octanol–water partition coefficient (Wildman–Crippen LogP) is 3.08. The van der Waals surface area contributed by atoms with Gasteiger partial charge in [0.2, 0.25) is 0 Å². The van der Waals surface area contributed by atoms with Crippen molar-refractivity contribution in [2.24, 2.45) is 0 Å². The lowest BCUT2D eigenvalue weighted by atomic mass is 10.1. The molecule has 6 heteroatoms. The summed E-state index contributed by atoms with van der Waals surface area (Å²) in [6.45, 7) is 6.02. The van der Waals surface area contributed by atoms with Crippen molar-refractivity contribution >= 4 is 17.5 Å². The number of hydrogen-bond donors (Lipinski definition) is 2. The first kappa shape index (κ1) is 14.9. The minimum absolute atomic E-state index is 0.124. The van der Waals surface area contributed by atoms with Crippen molar-refractivity contribution in [1.29, 1.82) is 0 Å². The Kier molecular flexibility index (Phi) is 4.16. The second kappa shape index (κ2) is 5.87. The largest absolute Gasteiger partial charge is 0.364 e. The molecule has 5 nitrogen and oxygen atoms in total. The summed E-state index contributed by atoms with van der Waals surface area (Å²) in [5.74, 6) is 0.0359. The van der Waals surface area contributed by atoms with Gasteiger partial charge in [-0.1, -0.05) is 6.07 Å². The molecule has 0 bridgehead atoms. The number of carbonyl (C=O) groups is 1. The van der Waals surface area contributed by atoms with E-state index in [9.17, 15) is 9.18 Å². The van der Waals surface area contributed by atoms with Crippen LogP contribution in [0, 0.1) is 5.82 Å². The number of rotatable bonds is 3. The van der Waals surface area contributed by atoms with Crippen molar-refractivity contribution in [3.8, 4) is 0 Å². The molecule has 0 unspecified atom stereocenters. The van der Waals surface area contributed by atoms with Gasteiger partial charge in [0.1, 0.15) is 11.6 Å². The molecular weight excluding hydrogens is 271 g/mol. The van der Waals surface area contributed by atoms with Crippen molar-refractivity contribution in [1.82, 2.24) is 10.2 Å². The third kappa shape index (κ3) is 4.52. The molecule has 2 aromatic rings. The van der Waals surface area contributed by atoms with E-state index in [1.165, 1.54) is 18.2 Å². The third-order valence-corrected chi connectivity index (χ3v) is 2.50. The van der Waals surface area contributed by atoms with Crippen LogP contribution in [0.3, 0.4) is 0 Å². The van der Waals surface area contributed by atoms with E-state index in [4.69, 9.17) is 0 Å². The Morgan fingerprint density at radius 1 is 1.10 bits per heavy atom. The van der Waals surface area contributed by atoms with E-state index in [-0.39, 0.29) is 11.1 Å². The molecule has 0 fully saturated rings. The first-order chi connectivity index (χ1) is 9.83. The van der Waals surface area contributed by atoms with Crippen LogP contribution in [-0.4, -0.2) is 21.6 Å². The molecule has 0 atom stereocenters. The average Bonchev–Trinajstić information content (AvgIpc) is 2.39. The minimum Gasteiger partial charge on any atom is -0.364 e. The predicted molar refractivity (Wildman–Crippen MR) is 79.8 cm³/mol. The topological polar surface area (TPSA) is 66.9 Å². The molecule has 0 spiro atoms. The molecule has 0 aliphatic heterocycles. The molecule has 0 saturated carbocycles. The summed E-state index contributed by atoms with van der Waals surface area (Å²) >= 11 is 0. The van der Waals surface area contributed by atoms with Crippen molar-refractivity contribution in [3.63, 3.8) is 0 Å². The van der Waals surface area contributed by atoms with Crippen molar-refractivity contribution in [2.45, 2.75) is 26.3 Å². The van der Waals surface area contributed by atoms with Crippen molar-refractivity contribution in [3.05, 3.63) is 47.8 Å². The van der Waals surface area contributed by atoms with E-state index >= 15 is 0 Å². The van der Waals surface area contributed by atoms with Gasteiger partial charge in [-0.25, -0.2) is 4.39 Å². The van der Waals surface area contributed by atoms with Crippen LogP contribution in [0.1, 0.15) is 31.1 Å².